The molecule has 0 heterocycles. The first-order chi connectivity index (χ1) is 10.9. The summed E-state index contributed by atoms with van der Waals surface area (Å²) < 4.78 is 24.5. The second-order valence-corrected chi connectivity index (χ2v) is 6.74. The maximum Gasteiger partial charge on any atom is 0.307 e. The van der Waals surface area contributed by atoms with Crippen LogP contribution in [0.2, 0.25) is 0 Å². The topological polar surface area (TPSA) is 47.6 Å². The molecular formula is C18H26FNO3. The molecule has 1 aliphatic carbocycles. The monoisotopic (exact) mass is 323 g/mol. The Hall–Kier alpha value is -1.62. The summed E-state index contributed by atoms with van der Waals surface area (Å²) in [5, 5.41) is 3.26. The van der Waals surface area contributed by atoms with E-state index in [1.54, 1.807) is 13.0 Å². The average molecular weight is 323 g/mol. The van der Waals surface area contributed by atoms with Gasteiger partial charge in [0.25, 0.3) is 0 Å². The summed E-state index contributed by atoms with van der Waals surface area (Å²) >= 11 is 0. The van der Waals surface area contributed by atoms with E-state index in [1.165, 1.54) is 18.9 Å². The number of nitrogens with one attached hydrogen (secondary N) is 1. The molecule has 0 saturated heterocycles. The van der Waals surface area contributed by atoms with Gasteiger partial charge in [-0.1, -0.05) is 6.07 Å². The van der Waals surface area contributed by atoms with Crippen LogP contribution in [0.15, 0.2) is 18.2 Å². The number of esters is 1. The van der Waals surface area contributed by atoms with Crippen molar-refractivity contribution >= 4 is 5.97 Å². The van der Waals surface area contributed by atoms with Crippen LogP contribution in [-0.4, -0.2) is 24.7 Å². The van der Waals surface area contributed by atoms with Crippen LogP contribution in [0.3, 0.4) is 0 Å². The minimum Gasteiger partial charge on any atom is -0.490 e. The van der Waals surface area contributed by atoms with Gasteiger partial charge in [0.05, 0.1) is 19.6 Å². The van der Waals surface area contributed by atoms with E-state index in [4.69, 9.17) is 9.47 Å². The lowest BCUT2D eigenvalue weighted by Crippen LogP contribution is -2.41. The smallest absolute Gasteiger partial charge is 0.307 e. The van der Waals surface area contributed by atoms with E-state index in [0.29, 0.717) is 31.4 Å². The van der Waals surface area contributed by atoms with Gasteiger partial charge in [0.15, 0.2) is 11.6 Å². The van der Waals surface area contributed by atoms with Crippen LogP contribution in [0.5, 0.6) is 5.75 Å². The van der Waals surface area contributed by atoms with Crippen molar-refractivity contribution in [2.24, 2.45) is 5.92 Å². The van der Waals surface area contributed by atoms with Crippen molar-refractivity contribution in [1.29, 1.82) is 0 Å². The second-order valence-electron chi connectivity index (χ2n) is 6.74. The van der Waals surface area contributed by atoms with Crippen LogP contribution in [0.4, 0.5) is 4.39 Å². The van der Waals surface area contributed by atoms with Crippen molar-refractivity contribution < 1.29 is 18.7 Å². The molecule has 1 N–H and O–H groups in total. The van der Waals surface area contributed by atoms with E-state index < -0.39 is 5.54 Å². The van der Waals surface area contributed by atoms with Gasteiger partial charge in [-0.3, -0.25) is 4.79 Å². The lowest BCUT2D eigenvalue weighted by atomic mass is 10.0. The number of carbonyl (C=O) groups is 1. The normalized spacial score (nSPS) is 14.6. The molecule has 2 rings (SSSR count). The zero-order valence-corrected chi connectivity index (χ0v) is 14.2. The van der Waals surface area contributed by atoms with Gasteiger partial charge in [-0.25, -0.2) is 4.39 Å². The van der Waals surface area contributed by atoms with Crippen molar-refractivity contribution in [2.75, 3.05) is 13.2 Å². The van der Waals surface area contributed by atoms with E-state index >= 15 is 0 Å². The largest absolute Gasteiger partial charge is 0.490 e. The van der Waals surface area contributed by atoms with Crippen LogP contribution in [-0.2, 0) is 16.1 Å². The number of ether oxygens (including phenoxy) is 2. The number of halogens is 1. The van der Waals surface area contributed by atoms with E-state index in [9.17, 15) is 9.18 Å². The van der Waals surface area contributed by atoms with Gasteiger partial charge < -0.3 is 14.8 Å². The third-order valence-corrected chi connectivity index (χ3v) is 3.83. The fourth-order valence-corrected chi connectivity index (χ4v) is 2.24. The molecule has 128 valence electrons. The highest BCUT2D eigenvalue weighted by atomic mass is 19.1. The molecule has 1 aromatic rings. The Morgan fingerprint density at radius 3 is 2.74 bits per heavy atom. The molecular weight excluding hydrogens is 297 g/mol. The molecule has 0 bridgehead atoms. The van der Waals surface area contributed by atoms with E-state index in [-0.39, 0.29) is 18.2 Å². The molecule has 1 saturated carbocycles. The first kappa shape index (κ1) is 17.7. The van der Waals surface area contributed by atoms with Gasteiger partial charge in [0, 0.05) is 12.1 Å². The maximum atomic E-state index is 14.0. The number of carbonyl (C=O) groups excluding carboxylic acids is 1. The fourth-order valence-electron chi connectivity index (χ4n) is 2.24. The zero-order valence-electron chi connectivity index (χ0n) is 14.2. The number of hydrogen-bond acceptors (Lipinski definition) is 4. The summed E-state index contributed by atoms with van der Waals surface area (Å²) in [6, 6.07) is 5.00. The van der Waals surface area contributed by atoms with Gasteiger partial charge in [-0.2, -0.15) is 0 Å². The predicted octanol–water partition coefficient (Wildman–Crippen LogP) is 3.44. The molecule has 0 unspecified atom stereocenters. The molecule has 0 atom stereocenters. The molecule has 5 heteroatoms. The summed E-state index contributed by atoms with van der Waals surface area (Å²) in [5.74, 6) is 0.332. The highest BCUT2D eigenvalue weighted by Gasteiger charge is 2.23. The molecule has 0 spiro atoms. The Kier molecular flexibility index (Phi) is 5.99. The third-order valence-electron chi connectivity index (χ3n) is 3.83. The van der Waals surface area contributed by atoms with Crippen molar-refractivity contribution in [2.45, 2.75) is 52.1 Å². The minimum absolute atomic E-state index is 0.236. The molecule has 1 aliphatic rings. The van der Waals surface area contributed by atoms with Crippen molar-refractivity contribution in [1.82, 2.24) is 5.32 Å². The highest BCUT2D eigenvalue weighted by Crippen LogP contribution is 2.30. The molecule has 0 aromatic heterocycles. The average Bonchev–Trinajstić information content (AvgIpc) is 3.28. The predicted molar refractivity (Wildman–Crippen MR) is 86.8 cm³/mol. The molecule has 23 heavy (non-hydrogen) atoms. The molecule has 1 aromatic carbocycles. The quantitative estimate of drug-likeness (QED) is 0.707. The number of benzene rings is 1. The van der Waals surface area contributed by atoms with Crippen LogP contribution < -0.4 is 10.1 Å². The Balaban J connectivity index is 1.84. The van der Waals surface area contributed by atoms with Crippen molar-refractivity contribution in [3.05, 3.63) is 29.6 Å². The number of rotatable bonds is 9. The maximum absolute atomic E-state index is 14.0. The van der Waals surface area contributed by atoms with Gasteiger partial charge in [-0.15, -0.1) is 0 Å². The fraction of sp³-hybridized carbons (Fsp3) is 0.611. The molecule has 1 fully saturated rings. The lowest BCUT2D eigenvalue weighted by Gasteiger charge is -2.25. The van der Waals surface area contributed by atoms with Crippen LogP contribution in [0.25, 0.3) is 0 Å². The Morgan fingerprint density at radius 1 is 1.39 bits per heavy atom. The molecule has 0 amide bonds. The van der Waals surface area contributed by atoms with Gasteiger partial charge in [0.2, 0.25) is 0 Å². The SMILES string of the molecule is CCOC(=O)CC(C)(C)NCc1ccc(OCC2CC2)c(F)c1. The molecule has 0 radical (unpaired) electrons. The van der Waals surface area contributed by atoms with Gasteiger partial charge in [0.1, 0.15) is 0 Å². The summed E-state index contributed by atoms with van der Waals surface area (Å²) in [5.41, 5.74) is 0.405. The Labute approximate surface area is 137 Å². The Morgan fingerprint density at radius 2 is 2.13 bits per heavy atom. The first-order valence-corrected chi connectivity index (χ1v) is 8.21. The van der Waals surface area contributed by atoms with Crippen LogP contribution >= 0.6 is 0 Å². The summed E-state index contributed by atoms with van der Waals surface area (Å²) in [6.45, 7) is 7.09. The zero-order chi connectivity index (χ0) is 16.9. The van der Waals surface area contributed by atoms with Crippen molar-refractivity contribution in [3.8, 4) is 5.75 Å². The highest BCUT2D eigenvalue weighted by molar-refractivity contribution is 5.70. The summed E-state index contributed by atoms with van der Waals surface area (Å²) in [7, 11) is 0. The standard InChI is InChI=1S/C18H26FNO3/c1-4-22-17(21)10-18(2,3)20-11-14-7-8-16(15(19)9-14)23-12-13-5-6-13/h7-9,13,20H,4-6,10-12H2,1-3H3. The van der Waals surface area contributed by atoms with Gasteiger partial charge in [-0.05, 0) is 57.2 Å². The van der Waals surface area contributed by atoms with Crippen LogP contribution in [0.1, 0.15) is 45.6 Å². The summed E-state index contributed by atoms with van der Waals surface area (Å²) in [6.07, 6.45) is 2.63. The lowest BCUT2D eigenvalue weighted by molar-refractivity contribution is -0.144. The van der Waals surface area contributed by atoms with E-state index in [1.807, 2.05) is 19.9 Å². The number of hydrogen-bond donors (Lipinski definition) is 1. The first-order valence-electron chi connectivity index (χ1n) is 8.21. The molecule has 0 aliphatic heterocycles. The van der Waals surface area contributed by atoms with Crippen LogP contribution in [0, 0.1) is 11.7 Å². The second kappa shape index (κ2) is 7.77. The van der Waals surface area contributed by atoms with E-state index in [0.717, 1.165) is 5.56 Å². The van der Waals surface area contributed by atoms with Crippen molar-refractivity contribution in [3.63, 3.8) is 0 Å². The molecule has 4 nitrogen and oxygen atoms in total. The van der Waals surface area contributed by atoms with Gasteiger partial charge >= 0.3 is 5.97 Å². The van der Waals surface area contributed by atoms with E-state index in [2.05, 4.69) is 5.32 Å². The Bertz CT molecular complexity index is 541. The minimum atomic E-state index is -0.413. The summed E-state index contributed by atoms with van der Waals surface area (Å²) in [4.78, 5) is 11.6. The third kappa shape index (κ3) is 6.18.